The van der Waals surface area contributed by atoms with E-state index in [2.05, 4.69) is 5.32 Å². The Balaban J connectivity index is 1.97. The van der Waals surface area contributed by atoms with Crippen molar-refractivity contribution in [3.8, 4) is 0 Å². The summed E-state index contributed by atoms with van der Waals surface area (Å²) in [5.74, 6) is -0.150. The molecular weight excluding hydrogens is 272 g/mol. The molecule has 1 atom stereocenters. The van der Waals surface area contributed by atoms with Crippen LogP contribution in [0, 0.1) is 24.0 Å². The summed E-state index contributed by atoms with van der Waals surface area (Å²) in [6.45, 7) is 4.32. The summed E-state index contributed by atoms with van der Waals surface area (Å²) in [6, 6.07) is 3.37. The van der Waals surface area contributed by atoms with E-state index in [9.17, 15) is 14.9 Å². The predicted molar refractivity (Wildman–Crippen MR) is 79.4 cm³/mol. The van der Waals surface area contributed by atoms with E-state index < -0.39 is 0 Å². The fourth-order valence-corrected chi connectivity index (χ4v) is 2.44. The number of benzene rings is 1. The molecular formula is C15H20N2O4. The van der Waals surface area contributed by atoms with E-state index in [0.717, 1.165) is 24.0 Å². The molecule has 1 aromatic carbocycles. The lowest BCUT2D eigenvalue weighted by Gasteiger charge is -2.22. The maximum absolute atomic E-state index is 11.2. The SMILES string of the molecule is Cc1cc(NCCC2CCCC(=O)O2)c([N+](=O)[O-])cc1C. The van der Waals surface area contributed by atoms with Crippen molar-refractivity contribution < 1.29 is 14.5 Å². The van der Waals surface area contributed by atoms with Gasteiger partial charge in [0.15, 0.2) is 0 Å². The van der Waals surface area contributed by atoms with Gasteiger partial charge in [0.05, 0.1) is 4.92 Å². The number of esters is 1. The van der Waals surface area contributed by atoms with Crippen molar-refractivity contribution in [2.45, 2.75) is 45.6 Å². The number of nitrogens with one attached hydrogen (secondary N) is 1. The number of carbonyl (C=O) groups is 1. The summed E-state index contributed by atoms with van der Waals surface area (Å²) in [7, 11) is 0. The summed E-state index contributed by atoms with van der Waals surface area (Å²) in [4.78, 5) is 21.9. The maximum Gasteiger partial charge on any atom is 0.306 e. The minimum absolute atomic E-state index is 0.0793. The van der Waals surface area contributed by atoms with Gasteiger partial charge in [-0.1, -0.05) is 0 Å². The normalized spacial score (nSPS) is 18.2. The Morgan fingerprint density at radius 2 is 2.10 bits per heavy atom. The molecule has 21 heavy (non-hydrogen) atoms. The van der Waals surface area contributed by atoms with Gasteiger partial charge in [-0.3, -0.25) is 14.9 Å². The molecule has 0 radical (unpaired) electrons. The molecule has 0 spiro atoms. The molecule has 1 aliphatic rings. The number of ether oxygens (including phenoxy) is 1. The highest BCUT2D eigenvalue weighted by Crippen LogP contribution is 2.28. The highest BCUT2D eigenvalue weighted by molar-refractivity contribution is 5.70. The summed E-state index contributed by atoms with van der Waals surface area (Å²) in [5.41, 5.74) is 2.50. The molecule has 1 aromatic rings. The number of aryl methyl sites for hydroxylation is 2. The first kappa shape index (κ1) is 15.3. The van der Waals surface area contributed by atoms with Gasteiger partial charge in [-0.25, -0.2) is 0 Å². The number of carbonyl (C=O) groups excluding carboxylic acids is 1. The molecule has 6 nitrogen and oxygen atoms in total. The summed E-state index contributed by atoms with van der Waals surface area (Å²) in [6.07, 6.45) is 2.79. The van der Waals surface area contributed by atoms with E-state index in [4.69, 9.17) is 4.74 Å². The molecule has 0 aromatic heterocycles. The average molecular weight is 292 g/mol. The van der Waals surface area contributed by atoms with E-state index in [1.165, 1.54) is 0 Å². The lowest BCUT2D eigenvalue weighted by atomic mass is 10.1. The quantitative estimate of drug-likeness (QED) is 0.512. The largest absolute Gasteiger partial charge is 0.462 e. The third-order valence-electron chi connectivity index (χ3n) is 3.80. The van der Waals surface area contributed by atoms with Gasteiger partial charge in [0.25, 0.3) is 5.69 Å². The Kier molecular flexibility index (Phi) is 4.77. The Morgan fingerprint density at radius 3 is 2.76 bits per heavy atom. The second-order valence-electron chi connectivity index (χ2n) is 5.43. The first-order valence-corrected chi connectivity index (χ1v) is 7.16. The second kappa shape index (κ2) is 6.56. The third-order valence-corrected chi connectivity index (χ3v) is 3.80. The summed E-state index contributed by atoms with van der Waals surface area (Å²) < 4.78 is 5.23. The molecule has 0 aliphatic carbocycles. The van der Waals surface area contributed by atoms with Gasteiger partial charge >= 0.3 is 5.97 Å². The van der Waals surface area contributed by atoms with Gasteiger partial charge in [-0.15, -0.1) is 0 Å². The lowest BCUT2D eigenvalue weighted by Crippen LogP contribution is -2.25. The van der Waals surface area contributed by atoms with Crippen LogP contribution in [-0.2, 0) is 9.53 Å². The second-order valence-corrected chi connectivity index (χ2v) is 5.43. The number of cyclic esters (lactones) is 1. The molecule has 1 unspecified atom stereocenters. The number of nitrogens with zero attached hydrogens (tertiary/aromatic N) is 1. The van der Waals surface area contributed by atoms with Crippen molar-refractivity contribution >= 4 is 17.3 Å². The van der Waals surface area contributed by atoms with Crippen LogP contribution in [0.3, 0.4) is 0 Å². The number of hydrogen-bond donors (Lipinski definition) is 1. The number of nitro groups is 1. The van der Waals surface area contributed by atoms with Crippen LogP contribution < -0.4 is 5.32 Å². The minimum Gasteiger partial charge on any atom is -0.462 e. The fourth-order valence-electron chi connectivity index (χ4n) is 2.44. The van der Waals surface area contributed by atoms with Gasteiger partial charge in [-0.2, -0.15) is 0 Å². The van der Waals surface area contributed by atoms with Crippen molar-refractivity contribution in [1.29, 1.82) is 0 Å². The monoisotopic (exact) mass is 292 g/mol. The smallest absolute Gasteiger partial charge is 0.306 e. The number of anilines is 1. The third kappa shape index (κ3) is 3.93. The molecule has 1 fully saturated rings. The average Bonchev–Trinajstić information content (AvgIpc) is 2.42. The summed E-state index contributed by atoms with van der Waals surface area (Å²) in [5, 5.41) is 14.2. The number of rotatable bonds is 5. The first-order chi connectivity index (χ1) is 9.97. The summed E-state index contributed by atoms with van der Waals surface area (Å²) >= 11 is 0. The van der Waals surface area contributed by atoms with E-state index in [-0.39, 0.29) is 22.7 Å². The zero-order valence-electron chi connectivity index (χ0n) is 12.3. The Morgan fingerprint density at radius 1 is 1.38 bits per heavy atom. The first-order valence-electron chi connectivity index (χ1n) is 7.16. The molecule has 1 aliphatic heterocycles. The molecule has 0 saturated carbocycles. The van der Waals surface area contributed by atoms with Crippen LogP contribution in [0.1, 0.15) is 36.8 Å². The van der Waals surface area contributed by atoms with E-state index in [1.54, 1.807) is 12.1 Å². The van der Waals surface area contributed by atoms with Crippen LogP contribution in [-0.4, -0.2) is 23.5 Å². The van der Waals surface area contributed by atoms with Crippen LogP contribution >= 0.6 is 0 Å². The zero-order valence-corrected chi connectivity index (χ0v) is 12.3. The highest BCUT2D eigenvalue weighted by atomic mass is 16.6. The van der Waals surface area contributed by atoms with Crippen LogP contribution in [0.5, 0.6) is 0 Å². The fraction of sp³-hybridized carbons (Fsp3) is 0.533. The van der Waals surface area contributed by atoms with Crippen molar-refractivity contribution in [2.24, 2.45) is 0 Å². The molecule has 6 heteroatoms. The van der Waals surface area contributed by atoms with Crippen LogP contribution in [0.2, 0.25) is 0 Å². The van der Waals surface area contributed by atoms with Gasteiger partial charge in [0, 0.05) is 25.5 Å². The van der Waals surface area contributed by atoms with Crippen molar-refractivity contribution in [2.75, 3.05) is 11.9 Å². The highest BCUT2D eigenvalue weighted by Gasteiger charge is 2.20. The molecule has 0 amide bonds. The Hall–Kier alpha value is -2.11. The molecule has 1 N–H and O–H groups in total. The minimum atomic E-state index is -0.380. The topological polar surface area (TPSA) is 81.5 Å². The van der Waals surface area contributed by atoms with Gasteiger partial charge in [0.2, 0.25) is 0 Å². The van der Waals surface area contributed by atoms with Gasteiger partial charge in [0.1, 0.15) is 11.8 Å². The van der Waals surface area contributed by atoms with Crippen molar-refractivity contribution in [3.05, 3.63) is 33.4 Å². The van der Waals surface area contributed by atoms with Gasteiger partial charge < -0.3 is 10.1 Å². The molecule has 0 bridgehead atoms. The van der Waals surface area contributed by atoms with E-state index in [1.807, 2.05) is 13.8 Å². The number of nitro benzene ring substituents is 1. The molecule has 2 rings (SSSR count). The standard InChI is InChI=1S/C15H20N2O4/c1-10-8-13(14(17(19)20)9-11(10)2)16-7-6-12-4-3-5-15(18)21-12/h8-9,12,16H,3-7H2,1-2H3. The van der Waals surface area contributed by atoms with Crippen LogP contribution in [0.4, 0.5) is 11.4 Å². The van der Waals surface area contributed by atoms with Crippen LogP contribution in [0.15, 0.2) is 12.1 Å². The molecule has 1 heterocycles. The Labute approximate surface area is 123 Å². The predicted octanol–water partition coefficient (Wildman–Crippen LogP) is 3.11. The maximum atomic E-state index is 11.2. The Bertz CT molecular complexity index is 557. The van der Waals surface area contributed by atoms with Gasteiger partial charge in [-0.05, 0) is 43.9 Å². The van der Waals surface area contributed by atoms with Crippen molar-refractivity contribution in [1.82, 2.24) is 0 Å². The van der Waals surface area contributed by atoms with Crippen LogP contribution in [0.25, 0.3) is 0 Å². The molecule has 1 saturated heterocycles. The number of hydrogen-bond acceptors (Lipinski definition) is 5. The van der Waals surface area contributed by atoms with Crippen molar-refractivity contribution in [3.63, 3.8) is 0 Å². The zero-order chi connectivity index (χ0) is 15.4. The van der Waals surface area contributed by atoms with E-state index in [0.29, 0.717) is 25.1 Å². The lowest BCUT2D eigenvalue weighted by molar-refractivity contribution is -0.384. The molecule has 114 valence electrons. The van der Waals surface area contributed by atoms with E-state index >= 15 is 0 Å².